The monoisotopic (exact) mass is 213 g/mol. The molecule has 1 aromatic rings. The quantitative estimate of drug-likeness (QED) is 0.811. The zero-order chi connectivity index (χ0) is 9.80. The Bertz CT molecular complexity index is 263. The molecule has 1 saturated heterocycles. The summed E-state index contributed by atoms with van der Waals surface area (Å²) >= 11 is 1.78. The number of nitrogens with zero attached hydrogens (tertiary/aromatic N) is 1. The maximum Gasteiger partial charge on any atom is 0.0933 e. The highest BCUT2D eigenvalue weighted by atomic mass is 32.1. The largest absolute Gasteiger partial charge is 0.394 e. The fourth-order valence-corrected chi connectivity index (χ4v) is 2.40. The summed E-state index contributed by atoms with van der Waals surface area (Å²) in [5.41, 5.74) is 0. The van der Waals surface area contributed by atoms with Crippen LogP contribution in [0, 0.1) is 0 Å². The summed E-state index contributed by atoms with van der Waals surface area (Å²) < 4.78 is 5.39. The fraction of sp³-hybridized carbons (Fsp3) is 0.600. The van der Waals surface area contributed by atoms with Gasteiger partial charge in [-0.05, 0) is 11.4 Å². The van der Waals surface area contributed by atoms with Crippen LogP contribution in [0.5, 0.6) is 0 Å². The third kappa shape index (κ3) is 2.54. The van der Waals surface area contributed by atoms with Crippen molar-refractivity contribution in [2.75, 3.05) is 26.3 Å². The van der Waals surface area contributed by atoms with E-state index in [1.807, 2.05) is 0 Å². The zero-order valence-corrected chi connectivity index (χ0v) is 8.87. The van der Waals surface area contributed by atoms with Gasteiger partial charge in [-0.3, -0.25) is 4.90 Å². The molecule has 0 aliphatic carbocycles. The van der Waals surface area contributed by atoms with E-state index in [0.29, 0.717) is 0 Å². The average Bonchev–Trinajstić information content (AvgIpc) is 2.71. The van der Waals surface area contributed by atoms with Crippen LogP contribution in [0.3, 0.4) is 0 Å². The lowest BCUT2D eigenvalue weighted by Crippen LogP contribution is -2.43. The lowest BCUT2D eigenvalue weighted by Gasteiger charge is -2.31. The number of aliphatic hydroxyl groups is 1. The van der Waals surface area contributed by atoms with Crippen LogP contribution in [0.4, 0.5) is 0 Å². The number of thiophene rings is 1. The second kappa shape index (κ2) is 4.89. The molecule has 1 aliphatic heterocycles. The molecule has 1 aromatic heterocycles. The van der Waals surface area contributed by atoms with Crippen molar-refractivity contribution in [1.82, 2.24) is 4.90 Å². The van der Waals surface area contributed by atoms with Gasteiger partial charge in [-0.25, -0.2) is 0 Å². The highest BCUT2D eigenvalue weighted by Crippen LogP contribution is 2.14. The molecule has 2 rings (SSSR count). The molecule has 78 valence electrons. The SMILES string of the molecule is OCC1CN(Cc2cccs2)CCO1. The van der Waals surface area contributed by atoms with Gasteiger partial charge in [-0.15, -0.1) is 11.3 Å². The lowest BCUT2D eigenvalue weighted by atomic mass is 10.3. The first-order chi connectivity index (χ1) is 6.88. The van der Waals surface area contributed by atoms with Crippen molar-refractivity contribution in [2.24, 2.45) is 0 Å². The molecule has 3 nitrogen and oxygen atoms in total. The van der Waals surface area contributed by atoms with Gasteiger partial charge in [-0.1, -0.05) is 6.07 Å². The minimum absolute atomic E-state index is 0.00344. The zero-order valence-electron chi connectivity index (χ0n) is 8.06. The van der Waals surface area contributed by atoms with E-state index in [0.717, 1.165) is 26.2 Å². The predicted molar refractivity (Wildman–Crippen MR) is 56.4 cm³/mol. The fourth-order valence-electron chi connectivity index (χ4n) is 1.66. The molecular formula is C10H15NO2S. The topological polar surface area (TPSA) is 32.7 Å². The maximum absolute atomic E-state index is 8.99. The van der Waals surface area contributed by atoms with Crippen molar-refractivity contribution in [1.29, 1.82) is 0 Å². The van der Waals surface area contributed by atoms with E-state index < -0.39 is 0 Å². The van der Waals surface area contributed by atoms with Gasteiger partial charge in [0.25, 0.3) is 0 Å². The third-order valence-corrected chi connectivity index (χ3v) is 3.25. The van der Waals surface area contributed by atoms with Crippen LogP contribution in [-0.4, -0.2) is 42.4 Å². The normalized spacial score (nSPS) is 23.9. The molecule has 0 aromatic carbocycles. The van der Waals surface area contributed by atoms with E-state index in [9.17, 15) is 0 Å². The number of aliphatic hydroxyl groups excluding tert-OH is 1. The van der Waals surface area contributed by atoms with Crippen LogP contribution in [0.2, 0.25) is 0 Å². The Kier molecular flexibility index (Phi) is 3.53. The van der Waals surface area contributed by atoms with Crippen molar-refractivity contribution < 1.29 is 9.84 Å². The molecule has 4 heteroatoms. The Balaban J connectivity index is 1.86. The second-order valence-electron chi connectivity index (χ2n) is 3.49. The van der Waals surface area contributed by atoms with E-state index in [4.69, 9.17) is 9.84 Å². The summed E-state index contributed by atoms with van der Waals surface area (Å²) in [6.45, 7) is 3.65. The van der Waals surface area contributed by atoms with Crippen molar-refractivity contribution in [3.8, 4) is 0 Å². The molecule has 0 radical (unpaired) electrons. The van der Waals surface area contributed by atoms with Crippen LogP contribution in [0.15, 0.2) is 17.5 Å². The van der Waals surface area contributed by atoms with Gasteiger partial charge in [0.2, 0.25) is 0 Å². The molecule has 0 saturated carbocycles. The van der Waals surface area contributed by atoms with E-state index in [-0.39, 0.29) is 12.7 Å². The number of hydrogen-bond donors (Lipinski definition) is 1. The number of hydrogen-bond acceptors (Lipinski definition) is 4. The molecule has 1 unspecified atom stereocenters. The first kappa shape index (κ1) is 10.1. The number of ether oxygens (including phenoxy) is 1. The van der Waals surface area contributed by atoms with E-state index in [1.165, 1.54) is 4.88 Å². The predicted octanol–water partition coefficient (Wildman–Crippen LogP) is 0.941. The van der Waals surface area contributed by atoms with Gasteiger partial charge in [-0.2, -0.15) is 0 Å². The van der Waals surface area contributed by atoms with Gasteiger partial charge in [0.15, 0.2) is 0 Å². The first-order valence-electron chi connectivity index (χ1n) is 4.85. The highest BCUT2D eigenvalue weighted by Gasteiger charge is 2.19. The Labute approximate surface area is 87.9 Å². The van der Waals surface area contributed by atoms with Crippen LogP contribution < -0.4 is 0 Å². The lowest BCUT2D eigenvalue weighted by molar-refractivity contribution is -0.0548. The van der Waals surface area contributed by atoms with Crippen LogP contribution in [-0.2, 0) is 11.3 Å². The van der Waals surface area contributed by atoms with Crippen LogP contribution in [0.1, 0.15) is 4.88 Å². The van der Waals surface area contributed by atoms with Crippen molar-refractivity contribution >= 4 is 11.3 Å². The van der Waals surface area contributed by atoms with Crippen molar-refractivity contribution in [2.45, 2.75) is 12.6 Å². The standard InChI is InChI=1S/C10H15NO2S/c12-8-9-6-11(3-4-13-9)7-10-2-1-5-14-10/h1-2,5,9,12H,3-4,6-8H2. The molecule has 0 amide bonds. The molecule has 1 N–H and O–H groups in total. The first-order valence-corrected chi connectivity index (χ1v) is 5.73. The van der Waals surface area contributed by atoms with E-state index in [1.54, 1.807) is 11.3 Å². The molecule has 2 heterocycles. The van der Waals surface area contributed by atoms with Gasteiger partial charge < -0.3 is 9.84 Å². The molecule has 14 heavy (non-hydrogen) atoms. The third-order valence-electron chi connectivity index (χ3n) is 2.39. The molecule has 1 fully saturated rings. The molecule has 0 bridgehead atoms. The van der Waals surface area contributed by atoms with Gasteiger partial charge in [0.05, 0.1) is 19.3 Å². The Hall–Kier alpha value is -0.420. The summed E-state index contributed by atoms with van der Waals surface area (Å²) in [7, 11) is 0. The number of rotatable bonds is 3. The molecule has 1 atom stereocenters. The maximum atomic E-state index is 8.99. The van der Waals surface area contributed by atoms with E-state index >= 15 is 0 Å². The summed E-state index contributed by atoms with van der Waals surface area (Å²) in [4.78, 5) is 3.71. The minimum Gasteiger partial charge on any atom is -0.394 e. The van der Waals surface area contributed by atoms with Crippen molar-refractivity contribution in [3.63, 3.8) is 0 Å². The summed E-state index contributed by atoms with van der Waals surface area (Å²) in [5.74, 6) is 0. The second-order valence-corrected chi connectivity index (χ2v) is 4.52. The summed E-state index contributed by atoms with van der Waals surface area (Å²) in [6.07, 6.45) is 0.00344. The summed E-state index contributed by atoms with van der Waals surface area (Å²) in [6, 6.07) is 4.22. The smallest absolute Gasteiger partial charge is 0.0933 e. The van der Waals surface area contributed by atoms with Crippen LogP contribution >= 0.6 is 11.3 Å². The Morgan fingerprint density at radius 1 is 1.64 bits per heavy atom. The summed E-state index contributed by atoms with van der Waals surface area (Å²) in [5, 5.41) is 11.1. The number of morpholine rings is 1. The van der Waals surface area contributed by atoms with Gasteiger partial charge in [0, 0.05) is 24.5 Å². The Morgan fingerprint density at radius 3 is 3.29 bits per heavy atom. The molecular weight excluding hydrogens is 198 g/mol. The van der Waals surface area contributed by atoms with Gasteiger partial charge in [0.1, 0.15) is 0 Å². The van der Waals surface area contributed by atoms with Gasteiger partial charge >= 0.3 is 0 Å². The van der Waals surface area contributed by atoms with Crippen LogP contribution in [0.25, 0.3) is 0 Å². The highest BCUT2D eigenvalue weighted by molar-refractivity contribution is 7.09. The Morgan fingerprint density at radius 2 is 2.57 bits per heavy atom. The van der Waals surface area contributed by atoms with Crippen molar-refractivity contribution in [3.05, 3.63) is 22.4 Å². The molecule has 1 aliphatic rings. The molecule has 0 spiro atoms. The minimum atomic E-state index is 0.00344. The van der Waals surface area contributed by atoms with E-state index in [2.05, 4.69) is 22.4 Å². The average molecular weight is 213 g/mol.